The largest absolute Gasteiger partial charge is 0.356 e. The number of anilines is 5. The molecule has 0 aliphatic rings. The lowest BCUT2D eigenvalue weighted by Crippen LogP contribution is -3.05. The van der Waals surface area contributed by atoms with Crippen LogP contribution in [0.3, 0.4) is 0 Å². The van der Waals surface area contributed by atoms with Crippen LogP contribution >= 0.6 is 0 Å². The second-order valence-corrected chi connectivity index (χ2v) is 17.2. The number of amides is 8. The number of imidazole rings is 2. The third-order valence-corrected chi connectivity index (χ3v) is 11.0. The fourth-order valence-corrected chi connectivity index (χ4v) is 7.38. The van der Waals surface area contributed by atoms with Gasteiger partial charge in [0.2, 0.25) is 23.5 Å². The number of aromatic nitrogens is 8. The SMILES string of the molecule is Cn1cc(NC(=O)c2cc(NC(=O)c3cccn3C)cn2C)cc1C(=O)NCCCC(=O)Nc1cn(C)c(C(=O)Nc2cn(C)c(C(=O)Nc3cc(C(=O)NCCC(=O)NCCC[NH+](C)C)n(C)c3)n2)n1. The van der Waals surface area contributed by atoms with Gasteiger partial charge >= 0.3 is 0 Å². The molecule has 6 heterocycles. The van der Waals surface area contributed by atoms with Gasteiger partial charge < -0.3 is 74.8 Å². The fourth-order valence-electron chi connectivity index (χ4n) is 7.38. The highest BCUT2D eigenvalue weighted by molar-refractivity contribution is 6.08. The van der Waals surface area contributed by atoms with E-state index in [1.807, 2.05) is 14.1 Å². The summed E-state index contributed by atoms with van der Waals surface area (Å²) in [6.07, 6.45) is 10.7. The Morgan fingerprint density at radius 2 is 0.930 bits per heavy atom. The van der Waals surface area contributed by atoms with Gasteiger partial charge in [0.15, 0.2) is 11.6 Å². The number of nitrogens with one attached hydrogen (secondary N) is 9. The quantitative estimate of drug-likeness (QED) is 0.0423. The molecule has 6 rings (SSSR count). The third-order valence-electron chi connectivity index (χ3n) is 11.0. The third kappa shape index (κ3) is 13.7. The van der Waals surface area contributed by atoms with Crippen LogP contribution in [0.25, 0.3) is 0 Å². The first-order valence-corrected chi connectivity index (χ1v) is 22.6. The van der Waals surface area contributed by atoms with Crippen LogP contribution in [0.5, 0.6) is 0 Å². The van der Waals surface area contributed by atoms with E-state index in [2.05, 4.69) is 52.5 Å². The first-order valence-electron chi connectivity index (χ1n) is 22.6. The minimum atomic E-state index is -0.663. The molecule has 6 aromatic heterocycles. The van der Waals surface area contributed by atoms with Gasteiger partial charge in [-0.3, -0.25) is 38.4 Å². The Balaban J connectivity index is 0.916. The van der Waals surface area contributed by atoms with Crippen LogP contribution in [0.15, 0.2) is 67.5 Å². The van der Waals surface area contributed by atoms with Crippen LogP contribution in [0.2, 0.25) is 0 Å². The number of nitrogens with zero attached hydrogens (tertiary/aromatic N) is 8. The van der Waals surface area contributed by atoms with E-state index >= 15 is 0 Å². The van der Waals surface area contributed by atoms with Crippen molar-refractivity contribution in [3.63, 3.8) is 0 Å². The Bertz CT molecular complexity index is 2960. The second-order valence-electron chi connectivity index (χ2n) is 17.2. The Kier molecular flexibility index (Phi) is 16.8. The fraction of sp³-hybridized carbons (Fsp3) is 0.348. The van der Waals surface area contributed by atoms with Crippen molar-refractivity contribution < 1.29 is 43.3 Å². The highest BCUT2D eigenvalue weighted by Crippen LogP contribution is 2.20. The molecule has 0 fully saturated rings. The summed E-state index contributed by atoms with van der Waals surface area (Å²) in [5.41, 5.74) is 2.40. The monoisotopic (exact) mass is 978 g/mol. The number of quaternary nitrogens is 1. The molecule has 0 aromatic carbocycles. The van der Waals surface area contributed by atoms with E-state index in [1.165, 1.54) is 43.1 Å². The topological polar surface area (TPSA) is 293 Å². The number of hydrogen-bond acceptors (Lipinski definition) is 10. The Morgan fingerprint density at radius 1 is 0.465 bits per heavy atom. The molecule has 0 atom stereocenters. The lowest BCUT2D eigenvalue weighted by molar-refractivity contribution is -0.858. The van der Waals surface area contributed by atoms with E-state index in [0.29, 0.717) is 29.3 Å². The highest BCUT2D eigenvalue weighted by Gasteiger charge is 2.22. The van der Waals surface area contributed by atoms with Gasteiger partial charge in [0.25, 0.3) is 35.4 Å². The molecule has 0 radical (unpaired) electrons. The van der Waals surface area contributed by atoms with Crippen molar-refractivity contribution in [3.05, 3.63) is 102 Å². The zero-order valence-corrected chi connectivity index (χ0v) is 40.9. The molecule has 376 valence electrons. The molecule has 0 aliphatic heterocycles. The average Bonchev–Trinajstić information content (AvgIpc) is 4.17. The minimum Gasteiger partial charge on any atom is -0.356 e. The Morgan fingerprint density at radius 3 is 1.45 bits per heavy atom. The maximum absolute atomic E-state index is 13.2. The Hall–Kier alpha value is -8.74. The standard InChI is InChI=1S/C46H59N17O8/c1-57(2)18-11-16-47-37(64)14-17-49-42(67)33-21-30(25-60(33)5)52-45(70)39-55-36(27-63(39)8)56-46(71)40-54-35(26-62(40)7)53-38(65)13-9-15-48-41(66)32-20-28(23-59(32)4)51-44(69)34-22-29(24-61(34)6)50-43(68)31-12-10-19-58(31)3/h10,12,19-27H,9,11,13-18H2,1-8H3,(H,47,64)(H,48,66)(H,49,67)(H,50,68)(H,51,69)(H,52,70)(H,53,65)(H,56,71)/p+1. The molecule has 6 aromatic rings. The van der Waals surface area contributed by atoms with E-state index in [4.69, 9.17) is 0 Å². The van der Waals surface area contributed by atoms with Crippen LogP contribution in [-0.4, -0.2) is 125 Å². The van der Waals surface area contributed by atoms with E-state index < -0.39 is 35.4 Å². The van der Waals surface area contributed by atoms with Crippen LogP contribution in [0.4, 0.5) is 28.7 Å². The second kappa shape index (κ2) is 23.0. The maximum Gasteiger partial charge on any atom is 0.292 e. The summed E-state index contributed by atoms with van der Waals surface area (Å²) >= 11 is 0. The van der Waals surface area contributed by atoms with Crippen molar-refractivity contribution in [2.45, 2.75) is 25.7 Å². The van der Waals surface area contributed by atoms with Crippen molar-refractivity contribution in [2.24, 2.45) is 42.3 Å². The van der Waals surface area contributed by atoms with Gasteiger partial charge in [-0.2, -0.15) is 0 Å². The minimum absolute atomic E-state index is 0.0197. The molecule has 8 amide bonds. The molecule has 0 saturated carbocycles. The summed E-state index contributed by atoms with van der Waals surface area (Å²) in [6.45, 7) is 1.79. The number of hydrogen-bond donors (Lipinski definition) is 9. The first kappa shape index (κ1) is 51.6. The molecule has 25 nitrogen and oxygen atoms in total. The number of aryl methyl sites for hydroxylation is 6. The van der Waals surface area contributed by atoms with Crippen LogP contribution < -0.4 is 47.4 Å². The summed E-state index contributed by atoms with van der Waals surface area (Å²) < 4.78 is 9.18. The summed E-state index contributed by atoms with van der Waals surface area (Å²) in [5, 5.41) is 21.9. The normalized spacial score (nSPS) is 11.0. The summed E-state index contributed by atoms with van der Waals surface area (Å²) in [7, 11) is 13.9. The van der Waals surface area contributed by atoms with Crippen LogP contribution in [0, 0.1) is 0 Å². The van der Waals surface area contributed by atoms with Crippen molar-refractivity contribution in [3.8, 4) is 0 Å². The zero-order chi connectivity index (χ0) is 51.5. The van der Waals surface area contributed by atoms with Crippen LogP contribution in [-0.2, 0) is 51.9 Å². The van der Waals surface area contributed by atoms with E-state index in [9.17, 15) is 38.4 Å². The summed E-state index contributed by atoms with van der Waals surface area (Å²) in [4.78, 5) is 113. The van der Waals surface area contributed by atoms with Gasteiger partial charge in [0.1, 0.15) is 22.8 Å². The van der Waals surface area contributed by atoms with Crippen LogP contribution in [0.1, 0.15) is 88.9 Å². The molecule has 0 unspecified atom stereocenters. The van der Waals surface area contributed by atoms with E-state index in [1.54, 1.807) is 99.0 Å². The number of carbonyl (C=O) groups is 8. The molecule has 0 spiro atoms. The van der Waals surface area contributed by atoms with Gasteiger partial charge in [-0.1, -0.05) is 0 Å². The van der Waals surface area contributed by atoms with Crippen molar-refractivity contribution in [1.29, 1.82) is 0 Å². The van der Waals surface area contributed by atoms with Gasteiger partial charge in [-0.15, -0.1) is 0 Å². The van der Waals surface area contributed by atoms with E-state index in [0.717, 1.165) is 13.0 Å². The maximum atomic E-state index is 13.2. The summed E-state index contributed by atoms with van der Waals surface area (Å²) in [5.74, 6) is -3.38. The molecule has 0 bridgehead atoms. The molecule has 0 saturated heterocycles. The lowest BCUT2D eigenvalue weighted by Gasteiger charge is -2.09. The van der Waals surface area contributed by atoms with Crippen molar-refractivity contribution >= 4 is 76.0 Å². The molecular weight excluding hydrogens is 919 g/mol. The predicted molar refractivity (Wildman–Crippen MR) is 262 cm³/mol. The van der Waals surface area contributed by atoms with Gasteiger partial charge in [0.05, 0.1) is 37.7 Å². The molecular formula is C46H60N17O8+. The molecule has 0 aliphatic carbocycles. The number of rotatable bonds is 22. The lowest BCUT2D eigenvalue weighted by atomic mass is 10.3. The average molecular weight is 979 g/mol. The van der Waals surface area contributed by atoms with Crippen molar-refractivity contribution in [1.82, 2.24) is 53.3 Å². The van der Waals surface area contributed by atoms with Gasteiger partial charge in [0, 0.05) is 118 Å². The van der Waals surface area contributed by atoms with Gasteiger partial charge in [-0.05, 0) is 36.8 Å². The Labute approximate surface area is 408 Å². The van der Waals surface area contributed by atoms with Gasteiger partial charge in [-0.25, -0.2) is 9.97 Å². The van der Waals surface area contributed by atoms with E-state index in [-0.39, 0.29) is 84.5 Å². The zero-order valence-electron chi connectivity index (χ0n) is 40.9. The molecule has 9 N–H and O–H groups in total. The highest BCUT2D eigenvalue weighted by atomic mass is 16.2. The smallest absolute Gasteiger partial charge is 0.292 e. The van der Waals surface area contributed by atoms with Crippen molar-refractivity contribution in [2.75, 3.05) is 66.9 Å². The first-order chi connectivity index (χ1) is 33.8. The predicted octanol–water partition coefficient (Wildman–Crippen LogP) is 0.436. The number of carbonyl (C=O) groups excluding carboxylic acids is 8. The molecule has 71 heavy (non-hydrogen) atoms. The summed E-state index contributed by atoms with van der Waals surface area (Å²) in [6, 6.07) is 8.00. The molecule has 25 heteroatoms.